The zero-order valence-corrected chi connectivity index (χ0v) is 14.0. The van der Waals surface area contributed by atoms with Gasteiger partial charge in [-0.15, -0.1) is 0 Å². The Kier molecular flexibility index (Phi) is 6.05. The maximum absolute atomic E-state index is 11.7. The molecular formula is C16H25NO5. The second-order valence-corrected chi connectivity index (χ2v) is 5.99. The minimum Gasteiger partial charge on any atom is -0.493 e. The molecule has 0 spiro atoms. The van der Waals surface area contributed by atoms with E-state index in [1.54, 1.807) is 53.0 Å². The average molecular weight is 311 g/mol. The van der Waals surface area contributed by atoms with Gasteiger partial charge in [0.25, 0.3) is 0 Å². The topological polar surface area (TPSA) is 77.0 Å². The summed E-state index contributed by atoms with van der Waals surface area (Å²) in [7, 11) is 3.07. The summed E-state index contributed by atoms with van der Waals surface area (Å²) in [6.45, 7) is 7.04. The van der Waals surface area contributed by atoms with Crippen molar-refractivity contribution in [3.05, 3.63) is 23.8 Å². The molecule has 0 saturated heterocycles. The van der Waals surface area contributed by atoms with E-state index in [1.807, 2.05) is 0 Å². The highest BCUT2D eigenvalue weighted by molar-refractivity contribution is 5.68. The van der Waals surface area contributed by atoms with E-state index in [-0.39, 0.29) is 0 Å². The van der Waals surface area contributed by atoms with E-state index in [2.05, 4.69) is 5.32 Å². The summed E-state index contributed by atoms with van der Waals surface area (Å²) in [5, 5.41) is 13.0. The van der Waals surface area contributed by atoms with Crippen LogP contribution in [0.4, 0.5) is 4.79 Å². The molecule has 1 amide bonds. The molecule has 22 heavy (non-hydrogen) atoms. The number of carbonyl (C=O) groups is 1. The van der Waals surface area contributed by atoms with Crippen LogP contribution < -0.4 is 14.8 Å². The third kappa shape index (κ3) is 5.11. The number of carbonyl (C=O) groups excluding carboxylic acids is 1. The van der Waals surface area contributed by atoms with Gasteiger partial charge in [-0.05, 0) is 45.4 Å². The molecule has 0 bridgehead atoms. The van der Waals surface area contributed by atoms with Gasteiger partial charge in [-0.1, -0.05) is 6.07 Å². The summed E-state index contributed by atoms with van der Waals surface area (Å²) in [5.74, 6) is 1.09. The van der Waals surface area contributed by atoms with Crippen LogP contribution in [-0.2, 0) is 4.74 Å². The van der Waals surface area contributed by atoms with Gasteiger partial charge in [0.1, 0.15) is 5.60 Å². The Balaban J connectivity index is 2.78. The maximum Gasteiger partial charge on any atom is 0.407 e. The van der Waals surface area contributed by atoms with E-state index in [4.69, 9.17) is 14.2 Å². The number of hydrogen-bond donors (Lipinski definition) is 2. The van der Waals surface area contributed by atoms with E-state index >= 15 is 0 Å². The van der Waals surface area contributed by atoms with Crippen molar-refractivity contribution >= 4 is 6.09 Å². The number of amides is 1. The van der Waals surface area contributed by atoms with Crippen molar-refractivity contribution in [2.45, 2.75) is 45.4 Å². The molecule has 2 N–H and O–H groups in total. The van der Waals surface area contributed by atoms with Crippen molar-refractivity contribution in [3.8, 4) is 11.5 Å². The lowest BCUT2D eigenvalue weighted by molar-refractivity contribution is 0.0435. The summed E-state index contributed by atoms with van der Waals surface area (Å²) >= 11 is 0. The number of rotatable bonds is 5. The van der Waals surface area contributed by atoms with E-state index in [9.17, 15) is 9.90 Å². The molecule has 0 saturated carbocycles. The number of hydrogen-bond acceptors (Lipinski definition) is 5. The summed E-state index contributed by atoms with van der Waals surface area (Å²) < 4.78 is 15.5. The van der Waals surface area contributed by atoms with E-state index in [1.165, 1.54) is 7.11 Å². The second-order valence-electron chi connectivity index (χ2n) is 5.99. The highest BCUT2D eigenvalue weighted by Crippen LogP contribution is 2.30. The predicted molar refractivity (Wildman–Crippen MR) is 83.3 cm³/mol. The summed E-state index contributed by atoms with van der Waals surface area (Å²) in [6.07, 6.45) is -1.47. The second kappa shape index (κ2) is 7.35. The van der Waals surface area contributed by atoms with E-state index in [0.717, 1.165) is 0 Å². The first-order valence-corrected chi connectivity index (χ1v) is 7.07. The Hall–Kier alpha value is -1.95. The molecule has 124 valence electrons. The highest BCUT2D eigenvalue weighted by Gasteiger charge is 2.23. The van der Waals surface area contributed by atoms with Crippen molar-refractivity contribution in [2.75, 3.05) is 14.2 Å². The van der Waals surface area contributed by atoms with Gasteiger partial charge in [0, 0.05) is 0 Å². The Morgan fingerprint density at radius 1 is 1.18 bits per heavy atom. The molecule has 1 rings (SSSR count). The normalized spacial score (nSPS) is 14.0. The third-order valence-corrected chi connectivity index (χ3v) is 2.97. The third-order valence-electron chi connectivity index (χ3n) is 2.97. The van der Waals surface area contributed by atoms with Crippen molar-refractivity contribution in [3.63, 3.8) is 0 Å². The molecule has 6 heteroatoms. The van der Waals surface area contributed by atoms with E-state index in [0.29, 0.717) is 17.1 Å². The smallest absolute Gasteiger partial charge is 0.407 e. The number of aliphatic hydroxyl groups is 1. The minimum absolute atomic E-state index is 0.517. The molecule has 0 radical (unpaired) electrons. The molecular weight excluding hydrogens is 286 g/mol. The number of methoxy groups -OCH3 is 2. The van der Waals surface area contributed by atoms with Crippen LogP contribution in [0.3, 0.4) is 0 Å². The van der Waals surface area contributed by atoms with Gasteiger partial charge in [-0.25, -0.2) is 4.79 Å². The lowest BCUT2D eigenvalue weighted by Crippen LogP contribution is -2.40. The lowest BCUT2D eigenvalue weighted by atomic mass is 10.0. The van der Waals surface area contributed by atoms with Gasteiger partial charge in [-0.2, -0.15) is 0 Å². The van der Waals surface area contributed by atoms with Gasteiger partial charge in [0.05, 0.1) is 26.4 Å². The Bertz CT molecular complexity index is 510. The summed E-state index contributed by atoms with van der Waals surface area (Å²) in [6, 6.07) is 4.58. The minimum atomic E-state index is -0.896. The van der Waals surface area contributed by atoms with Crippen molar-refractivity contribution in [1.29, 1.82) is 0 Å². The summed E-state index contributed by atoms with van der Waals surface area (Å²) in [5.41, 5.74) is 0.0270. The standard InChI is InChI=1S/C16H25NO5/c1-10(17-15(19)22-16(2,3)4)14(18)11-7-8-12(20-5)13(9-11)21-6/h7-10,14,18H,1-6H3,(H,17,19)/t10-,14?/m0/s1. The Morgan fingerprint density at radius 2 is 1.77 bits per heavy atom. The monoisotopic (exact) mass is 311 g/mol. The molecule has 0 aliphatic rings. The first kappa shape index (κ1) is 18.1. The molecule has 0 aliphatic carbocycles. The van der Waals surface area contributed by atoms with Crippen LogP contribution in [-0.4, -0.2) is 37.1 Å². The fraction of sp³-hybridized carbons (Fsp3) is 0.562. The van der Waals surface area contributed by atoms with Gasteiger partial charge in [-0.3, -0.25) is 0 Å². The van der Waals surface area contributed by atoms with Crippen molar-refractivity contribution in [2.24, 2.45) is 0 Å². The van der Waals surface area contributed by atoms with Gasteiger partial charge >= 0.3 is 6.09 Å². The first-order valence-electron chi connectivity index (χ1n) is 7.07. The van der Waals surface area contributed by atoms with Gasteiger partial charge in [0.15, 0.2) is 11.5 Å². The quantitative estimate of drug-likeness (QED) is 0.874. The SMILES string of the molecule is COc1ccc(C(O)[C@H](C)NC(=O)OC(C)(C)C)cc1OC. The largest absolute Gasteiger partial charge is 0.493 e. The van der Waals surface area contributed by atoms with Crippen LogP contribution in [0.15, 0.2) is 18.2 Å². The molecule has 1 unspecified atom stereocenters. The lowest BCUT2D eigenvalue weighted by Gasteiger charge is -2.24. The van der Waals surface area contributed by atoms with Crippen molar-refractivity contribution in [1.82, 2.24) is 5.32 Å². The molecule has 2 atom stereocenters. The van der Waals surface area contributed by atoms with Crippen LogP contribution in [0.5, 0.6) is 11.5 Å². The molecule has 0 heterocycles. The highest BCUT2D eigenvalue weighted by atomic mass is 16.6. The number of nitrogens with one attached hydrogen (secondary N) is 1. The molecule has 0 fully saturated rings. The van der Waals surface area contributed by atoms with Crippen LogP contribution in [0.2, 0.25) is 0 Å². The number of aliphatic hydroxyl groups excluding tert-OH is 1. The average Bonchev–Trinajstić information content (AvgIpc) is 2.43. The Morgan fingerprint density at radius 3 is 2.27 bits per heavy atom. The number of ether oxygens (including phenoxy) is 3. The summed E-state index contributed by atoms with van der Waals surface area (Å²) in [4.78, 5) is 11.7. The zero-order chi connectivity index (χ0) is 16.9. The number of benzene rings is 1. The van der Waals surface area contributed by atoms with Crippen LogP contribution in [0.25, 0.3) is 0 Å². The molecule has 1 aromatic carbocycles. The Labute approximate surface area is 131 Å². The van der Waals surface area contributed by atoms with Crippen LogP contribution >= 0.6 is 0 Å². The number of alkyl carbamates (subject to hydrolysis) is 1. The maximum atomic E-state index is 11.7. The molecule has 1 aromatic rings. The predicted octanol–water partition coefficient (Wildman–Crippen LogP) is 2.65. The van der Waals surface area contributed by atoms with Crippen molar-refractivity contribution < 1.29 is 24.1 Å². The molecule has 0 aromatic heterocycles. The van der Waals surface area contributed by atoms with Gasteiger partial charge in [0.2, 0.25) is 0 Å². The van der Waals surface area contributed by atoms with Crippen LogP contribution in [0.1, 0.15) is 39.4 Å². The first-order chi connectivity index (χ1) is 10.2. The fourth-order valence-corrected chi connectivity index (χ4v) is 1.90. The zero-order valence-electron chi connectivity index (χ0n) is 14.0. The molecule has 0 aliphatic heterocycles. The fourth-order valence-electron chi connectivity index (χ4n) is 1.90. The van der Waals surface area contributed by atoms with Gasteiger partial charge < -0.3 is 24.6 Å². The van der Waals surface area contributed by atoms with Crippen LogP contribution in [0, 0.1) is 0 Å². The molecule has 6 nitrogen and oxygen atoms in total. The van der Waals surface area contributed by atoms with E-state index < -0.39 is 23.8 Å².